The molecule has 0 aromatic heterocycles. The van der Waals surface area contributed by atoms with E-state index in [2.05, 4.69) is 16.0 Å². The fourth-order valence-electron chi connectivity index (χ4n) is 2.64. The van der Waals surface area contributed by atoms with E-state index in [1.54, 1.807) is 0 Å². The molecular formula is C16H12ClN3. The lowest BCUT2D eigenvalue weighted by molar-refractivity contribution is 0.662. The maximum Gasteiger partial charge on any atom is 0.142 e. The van der Waals surface area contributed by atoms with Crippen LogP contribution < -0.4 is 0 Å². The number of para-hydroxylation sites is 1. The highest BCUT2D eigenvalue weighted by atomic mass is 35.5. The van der Waals surface area contributed by atoms with Crippen LogP contribution in [0.3, 0.4) is 0 Å². The zero-order chi connectivity index (χ0) is 13.5. The molecule has 2 heterocycles. The van der Waals surface area contributed by atoms with E-state index in [0.29, 0.717) is 0 Å². The predicted molar refractivity (Wildman–Crippen MR) is 82.2 cm³/mol. The molecule has 4 heteroatoms. The number of aliphatic imine (C=N–C) groups is 2. The molecule has 0 aliphatic carbocycles. The summed E-state index contributed by atoms with van der Waals surface area (Å²) in [4.78, 5) is 11.6. The molecule has 20 heavy (non-hydrogen) atoms. The van der Waals surface area contributed by atoms with E-state index >= 15 is 0 Å². The molecule has 0 fully saturated rings. The van der Waals surface area contributed by atoms with Crippen LogP contribution in [0.5, 0.6) is 0 Å². The molecular weight excluding hydrogens is 270 g/mol. The monoisotopic (exact) mass is 281 g/mol. The van der Waals surface area contributed by atoms with Gasteiger partial charge in [0.25, 0.3) is 0 Å². The molecule has 0 N–H and O–H groups in total. The van der Waals surface area contributed by atoms with Crippen molar-refractivity contribution >= 4 is 29.0 Å². The molecule has 2 aromatic carbocycles. The summed E-state index contributed by atoms with van der Waals surface area (Å²) in [5.41, 5.74) is 3.16. The summed E-state index contributed by atoms with van der Waals surface area (Å²) >= 11 is 5.97. The molecule has 2 aromatic rings. The van der Waals surface area contributed by atoms with Gasteiger partial charge >= 0.3 is 0 Å². The molecule has 3 nitrogen and oxygen atoms in total. The van der Waals surface area contributed by atoms with Gasteiger partial charge in [0.05, 0.1) is 12.2 Å². The van der Waals surface area contributed by atoms with Gasteiger partial charge in [-0.05, 0) is 36.4 Å². The van der Waals surface area contributed by atoms with E-state index in [9.17, 15) is 0 Å². The first kappa shape index (κ1) is 11.7. The lowest BCUT2D eigenvalue weighted by atomic mass is 10.1. The van der Waals surface area contributed by atoms with Crippen molar-refractivity contribution in [1.29, 1.82) is 0 Å². The predicted octanol–water partition coefficient (Wildman–Crippen LogP) is 3.49. The Morgan fingerprint density at radius 3 is 2.60 bits per heavy atom. The molecule has 0 radical (unpaired) electrons. The largest absolute Gasteiger partial charge is 0.308 e. The average molecular weight is 282 g/mol. The Balaban J connectivity index is 1.90. The van der Waals surface area contributed by atoms with Gasteiger partial charge in [-0.15, -0.1) is 0 Å². The van der Waals surface area contributed by atoms with Gasteiger partial charge in [-0.1, -0.05) is 23.7 Å². The fraction of sp³-hybridized carbons (Fsp3) is 0.125. The van der Waals surface area contributed by atoms with E-state index in [1.807, 2.05) is 42.5 Å². The van der Waals surface area contributed by atoms with Crippen LogP contribution in [0.25, 0.3) is 0 Å². The van der Waals surface area contributed by atoms with Crippen molar-refractivity contribution in [3.63, 3.8) is 0 Å². The van der Waals surface area contributed by atoms with Gasteiger partial charge in [0.2, 0.25) is 0 Å². The van der Waals surface area contributed by atoms with E-state index < -0.39 is 0 Å². The van der Waals surface area contributed by atoms with Crippen LogP contribution in [0.2, 0.25) is 5.02 Å². The van der Waals surface area contributed by atoms with Crippen LogP contribution in [-0.4, -0.2) is 29.7 Å². The Morgan fingerprint density at radius 1 is 0.950 bits per heavy atom. The first-order valence-electron chi connectivity index (χ1n) is 6.59. The summed E-state index contributed by atoms with van der Waals surface area (Å²) < 4.78 is 0. The van der Waals surface area contributed by atoms with Crippen molar-refractivity contribution in [3.8, 4) is 0 Å². The summed E-state index contributed by atoms with van der Waals surface area (Å²) in [5, 5.41) is 0.737. The molecule has 0 atom stereocenters. The molecule has 0 saturated heterocycles. The lowest BCUT2D eigenvalue weighted by Crippen LogP contribution is -2.37. The number of rotatable bonds is 1. The Hall–Kier alpha value is -2.13. The highest BCUT2D eigenvalue weighted by Crippen LogP contribution is 2.30. The first-order chi connectivity index (χ1) is 9.83. The first-order valence-corrected chi connectivity index (χ1v) is 6.97. The molecule has 4 rings (SSSR count). The molecule has 0 spiro atoms. The van der Waals surface area contributed by atoms with Crippen molar-refractivity contribution in [3.05, 3.63) is 64.7 Å². The number of amidine groups is 2. The van der Waals surface area contributed by atoms with E-state index in [4.69, 9.17) is 16.6 Å². The zero-order valence-corrected chi connectivity index (χ0v) is 11.5. The summed E-state index contributed by atoms with van der Waals surface area (Å²) in [6.45, 7) is 1.70. The molecule has 0 bridgehead atoms. The van der Waals surface area contributed by atoms with E-state index in [0.717, 1.165) is 46.6 Å². The maximum absolute atomic E-state index is 5.97. The fourth-order valence-corrected chi connectivity index (χ4v) is 2.76. The van der Waals surface area contributed by atoms with Gasteiger partial charge in [-0.25, -0.2) is 4.99 Å². The maximum atomic E-state index is 5.97. The van der Waals surface area contributed by atoms with Gasteiger partial charge in [0, 0.05) is 22.7 Å². The van der Waals surface area contributed by atoms with Gasteiger partial charge in [0.15, 0.2) is 0 Å². The second-order valence-corrected chi connectivity index (χ2v) is 5.25. The van der Waals surface area contributed by atoms with Crippen molar-refractivity contribution in [1.82, 2.24) is 4.90 Å². The molecule has 2 aliphatic heterocycles. The second-order valence-electron chi connectivity index (χ2n) is 4.82. The minimum absolute atomic E-state index is 0.737. The van der Waals surface area contributed by atoms with Crippen LogP contribution in [0.1, 0.15) is 11.1 Å². The summed E-state index contributed by atoms with van der Waals surface area (Å²) in [6.07, 6.45) is 0. The summed E-state index contributed by atoms with van der Waals surface area (Å²) in [6, 6.07) is 15.9. The van der Waals surface area contributed by atoms with Gasteiger partial charge in [0.1, 0.15) is 11.7 Å². The quantitative estimate of drug-likeness (QED) is 0.786. The van der Waals surface area contributed by atoms with Crippen LogP contribution in [-0.2, 0) is 0 Å². The smallest absolute Gasteiger partial charge is 0.142 e. The number of nitrogens with zero attached hydrogens (tertiary/aromatic N) is 3. The van der Waals surface area contributed by atoms with Crippen molar-refractivity contribution in [2.24, 2.45) is 9.98 Å². The van der Waals surface area contributed by atoms with Crippen molar-refractivity contribution in [2.75, 3.05) is 13.1 Å². The molecule has 0 unspecified atom stereocenters. The number of benzene rings is 2. The molecule has 0 amide bonds. The third kappa shape index (κ3) is 1.74. The van der Waals surface area contributed by atoms with Crippen LogP contribution >= 0.6 is 11.6 Å². The van der Waals surface area contributed by atoms with E-state index in [1.165, 1.54) is 0 Å². The van der Waals surface area contributed by atoms with Crippen molar-refractivity contribution < 1.29 is 0 Å². The molecule has 98 valence electrons. The highest BCUT2D eigenvalue weighted by Gasteiger charge is 2.29. The van der Waals surface area contributed by atoms with E-state index in [-0.39, 0.29) is 0 Å². The van der Waals surface area contributed by atoms with Crippen LogP contribution in [0.15, 0.2) is 58.5 Å². The highest BCUT2D eigenvalue weighted by molar-refractivity contribution is 6.30. The number of hydrogen-bond donors (Lipinski definition) is 0. The SMILES string of the molecule is Clc1ccc(C2=Nc3ccccc3C3=NCCN23)cc1. The normalized spacial score (nSPS) is 16.4. The van der Waals surface area contributed by atoms with Gasteiger partial charge in [-0.3, -0.25) is 4.99 Å². The number of halogens is 1. The second kappa shape index (κ2) is 4.46. The minimum Gasteiger partial charge on any atom is -0.308 e. The summed E-state index contributed by atoms with van der Waals surface area (Å²) in [5.74, 6) is 1.98. The molecule has 2 aliphatic rings. The van der Waals surface area contributed by atoms with Crippen LogP contribution in [0.4, 0.5) is 5.69 Å². The zero-order valence-electron chi connectivity index (χ0n) is 10.8. The number of fused-ring (bicyclic) bond motifs is 3. The summed E-state index contributed by atoms with van der Waals surface area (Å²) in [7, 11) is 0. The Bertz CT molecular complexity index is 732. The lowest BCUT2D eigenvalue weighted by Gasteiger charge is -2.27. The Labute approximate surface area is 122 Å². The Kier molecular flexibility index (Phi) is 2.60. The molecule has 0 saturated carbocycles. The Morgan fingerprint density at radius 2 is 1.75 bits per heavy atom. The number of hydrogen-bond acceptors (Lipinski definition) is 3. The standard InChI is InChI=1S/C16H12ClN3/c17-12-7-5-11(6-8-12)15-19-14-4-2-1-3-13(14)16-18-9-10-20(15)16/h1-8H,9-10H2. The third-order valence-electron chi connectivity index (χ3n) is 3.57. The van der Waals surface area contributed by atoms with Crippen LogP contribution in [0, 0.1) is 0 Å². The minimum atomic E-state index is 0.737. The van der Waals surface area contributed by atoms with Crippen molar-refractivity contribution in [2.45, 2.75) is 0 Å². The van der Waals surface area contributed by atoms with Gasteiger partial charge in [-0.2, -0.15) is 0 Å². The average Bonchev–Trinajstić information content (AvgIpc) is 2.97. The van der Waals surface area contributed by atoms with Gasteiger partial charge < -0.3 is 4.90 Å². The topological polar surface area (TPSA) is 28.0 Å². The third-order valence-corrected chi connectivity index (χ3v) is 3.82.